The first-order valence-corrected chi connectivity index (χ1v) is 9.40. The van der Waals surface area contributed by atoms with E-state index in [1.165, 1.54) is 10.9 Å². The Hall–Kier alpha value is -2.86. The van der Waals surface area contributed by atoms with Gasteiger partial charge in [0, 0.05) is 42.4 Å². The molecule has 4 rings (SSSR count). The van der Waals surface area contributed by atoms with Crippen LogP contribution >= 0.6 is 0 Å². The molecule has 3 heterocycles. The molecule has 0 aliphatic carbocycles. The topological polar surface area (TPSA) is 78.9 Å². The highest BCUT2D eigenvalue weighted by Gasteiger charge is 2.21. The summed E-state index contributed by atoms with van der Waals surface area (Å²) in [5.74, 6) is -0.271. The monoisotopic (exact) mass is 364 g/mol. The van der Waals surface area contributed by atoms with Crippen LogP contribution in [-0.2, 0) is 13.0 Å². The molecule has 3 N–H and O–H groups in total. The van der Waals surface area contributed by atoms with E-state index >= 15 is 0 Å². The number of benzene rings is 1. The summed E-state index contributed by atoms with van der Waals surface area (Å²) in [7, 11) is 0. The first kappa shape index (κ1) is 17.5. The normalized spacial score (nSPS) is 16.7. The zero-order chi connectivity index (χ0) is 18.8. The van der Waals surface area contributed by atoms with Gasteiger partial charge in [0.05, 0.1) is 0 Å². The van der Waals surface area contributed by atoms with Gasteiger partial charge in [-0.2, -0.15) is 0 Å². The minimum absolute atomic E-state index is 0.0937. The summed E-state index contributed by atoms with van der Waals surface area (Å²) in [6.07, 6.45) is 5.39. The van der Waals surface area contributed by atoms with Gasteiger partial charge in [-0.15, -0.1) is 0 Å². The van der Waals surface area contributed by atoms with E-state index in [4.69, 9.17) is 0 Å². The largest absolute Gasteiger partial charge is 0.361 e. The smallest absolute Gasteiger partial charge is 0.263 e. The van der Waals surface area contributed by atoms with Crippen molar-refractivity contribution in [3.63, 3.8) is 0 Å². The number of pyridine rings is 1. The third-order valence-electron chi connectivity index (χ3n) is 5.29. The zero-order valence-corrected chi connectivity index (χ0v) is 15.4. The molecule has 1 aliphatic heterocycles. The second-order valence-corrected chi connectivity index (χ2v) is 7.14. The summed E-state index contributed by atoms with van der Waals surface area (Å²) in [5.41, 5.74) is 3.00. The maximum absolute atomic E-state index is 12.9. The number of aryl methyl sites for hydroxylation is 3. The number of amides is 1. The number of carbonyl (C=O) groups is 1. The summed E-state index contributed by atoms with van der Waals surface area (Å²) < 4.78 is 1.64. The number of carbonyl (C=O) groups excluding carboxylic acids is 1. The van der Waals surface area contributed by atoms with E-state index in [1.807, 2.05) is 37.4 Å². The lowest BCUT2D eigenvalue weighted by Gasteiger charge is -2.14. The number of fused-ring (bicyclic) bond motifs is 1. The van der Waals surface area contributed by atoms with Crippen LogP contribution in [0.3, 0.4) is 0 Å². The Labute approximate surface area is 157 Å². The summed E-state index contributed by atoms with van der Waals surface area (Å²) in [6, 6.07) is 10.1. The fourth-order valence-electron chi connectivity index (χ4n) is 3.73. The SMILES string of the molecule is Cc1ccn(CCc2c[nH]c3ccccc23)c(=O)c1C(=O)N[C@H]1CCNC1. The van der Waals surface area contributed by atoms with Crippen LogP contribution in [0.4, 0.5) is 0 Å². The van der Waals surface area contributed by atoms with Crippen LogP contribution in [0.25, 0.3) is 10.9 Å². The standard InChI is InChI=1S/C21H24N4O2/c1-14-7-10-25(11-8-15-12-23-18-5-3-2-4-17(15)18)21(27)19(14)20(26)24-16-6-9-22-13-16/h2-5,7,10,12,16,22-23H,6,8-9,11,13H2,1H3,(H,24,26)/t16-/m0/s1. The van der Waals surface area contributed by atoms with Gasteiger partial charge in [0.2, 0.25) is 0 Å². The molecule has 1 amide bonds. The Morgan fingerprint density at radius 3 is 2.96 bits per heavy atom. The van der Waals surface area contributed by atoms with Crippen molar-refractivity contribution in [3.05, 3.63) is 69.8 Å². The molecule has 0 saturated carbocycles. The van der Waals surface area contributed by atoms with Crippen molar-refractivity contribution in [2.24, 2.45) is 0 Å². The number of nitrogens with one attached hydrogen (secondary N) is 3. The van der Waals surface area contributed by atoms with Gasteiger partial charge in [0.1, 0.15) is 5.56 Å². The summed E-state index contributed by atoms with van der Waals surface area (Å²) >= 11 is 0. The minimum Gasteiger partial charge on any atom is -0.361 e. The maximum atomic E-state index is 12.9. The molecule has 1 atom stereocenters. The lowest BCUT2D eigenvalue weighted by Crippen LogP contribution is -2.40. The zero-order valence-electron chi connectivity index (χ0n) is 15.4. The van der Waals surface area contributed by atoms with Crippen LogP contribution in [0, 0.1) is 6.92 Å². The molecule has 1 aromatic carbocycles. The van der Waals surface area contributed by atoms with Crippen LogP contribution in [0.5, 0.6) is 0 Å². The van der Waals surface area contributed by atoms with Gasteiger partial charge in [-0.1, -0.05) is 18.2 Å². The highest BCUT2D eigenvalue weighted by molar-refractivity contribution is 5.95. The van der Waals surface area contributed by atoms with E-state index in [2.05, 4.69) is 21.7 Å². The number of H-pyrrole nitrogens is 1. The van der Waals surface area contributed by atoms with Crippen LogP contribution in [0.1, 0.15) is 27.9 Å². The molecule has 140 valence electrons. The molecule has 0 unspecified atom stereocenters. The van der Waals surface area contributed by atoms with Gasteiger partial charge in [-0.3, -0.25) is 9.59 Å². The molecule has 6 nitrogen and oxygen atoms in total. The average Bonchev–Trinajstić information content (AvgIpc) is 3.31. The molecular weight excluding hydrogens is 340 g/mol. The first-order valence-electron chi connectivity index (χ1n) is 9.40. The predicted octanol–water partition coefficient (Wildman–Crippen LogP) is 1.97. The van der Waals surface area contributed by atoms with Crippen LogP contribution in [0.15, 0.2) is 47.5 Å². The average molecular weight is 364 g/mol. The number of para-hydroxylation sites is 1. The van der Waals surface area contributed by atoms with Crippen molar-refractivity contribution in [2.75, 3.05) is 13.1 Å². The van der Waals surface area contributed by atoms with Crippen molar-refractivity contribution in [1.82, 2.24) is 20.2 Å². The summed E-state index contributed by atoms with van der Waals surface area (Å²) in [4.78, 5) is 28.8. The number of aromatic amines is 1. The summed E-state index contributed by atoms with van der Waals surface area (Å²) in [5, 5.41) is 7.37. The molecule has 6 heteroatoms. The number of rotatable bonds is 5. The van der Waals surface area contributed by atoms with Gasteiger partial charge >= 0.3 is 0 Å². The van der Waals surface area contributed by atoms with E-state index in [0.29, 0.717) is 12.1 Å². The third-order valence-corrected chi connectivity index (χ3v) is 5.29. The van der Waals surface area contributed by atoms with Crippen molar-refractivity contribution < 1.29 is 4.79 Å². The predicted molar refractivity (Wildman–Crippen MR) is 106 cm³/mol. The highest BCUT2D eigenvalue weighted by Crippen LogP contribution is 2.18. The van der Waals surface area contributed by atoms with Crippen molar-refractivity contribution >= 4 is 16.8 Å². The minimum atomic E-state index is -0.271. The van der Waals surface area contributed by atoms with Crippen LogP contribution in [0.2, 0.25) is 0 Å². The van der Waals surface area contributed by atoms with E-state index in [1.54, 1.807) is 10.8 Å². The maximum Gasteiger partial charge on any atom is 0.263 e. The van der Waals surface area contributed by atoms with E-state index in [-0.39, 0.29) is 23.1 Å². The molecule has 0 bridgehead atoms. The van der Waals surface area contributed by atoms with E-state index in [0.717, 1.165) is 31.4 Å². The summed E-state index contributed by atoms with van der Waals surface area (Å²) in [6.45, 7) is 4.00. The lowest BCUT2D eigenvalue weighted by atomic mass is 10.1. The molecule has 0 radical (unpaired) electrons. The third kappa shape index (κ3) is 3.53. The number of nitrogens with zero attached hydrogens (tertiary/aromatic N) is 1. The van der Waals surface area contributed by atoms with Gasteiger partial charge in [-0.05, 0) is 49.6 Å². The second-order valence-electron chi connectivity index (χ2n) is 7.14. The fraction of sp³-hybridized carbons (Fsp3) is 0.333. The van der Waals surface area contributed by atoms with E-state index in [9.17, 15) is 9.59 Å². The quantitative estimate of drug-likeness (QED) is 0.648. The molecule has 27 heavy (non-hydrogen) atoms. The molecule has 1 fully saturated rings. The molecular formula is C21H24N4O2. The van der Waals surface area contributed by atoms with Gasteiger partial charge in [-0.25, -0.2) is 0 Å². The lowest BCUT2D eigenvalue weighted by molar-refractivity contribution is 0.0937. The Morgan fingerprint density at radius 2 is 2.15 bits per heavy atom. The van der Waals surface area contributed by atoms with Crippen molar-refractivity contribution in [3.8, 4) is 0 Å². The number of aromatic nitrogens is 2. The number of hydrogen-bond donors (Lipinski definition) is 3. The molecule has 1 saturated heterocycles. The Kier molecular flexibility index (Phi) is 4.81. The molecule has 0 spiro atoms. The molecule has 1 aliphatic rings. The van der Waals surface area contributed by atoms with Crippen LogP contribution < -0.4 is 16.2 Å². The molecule has 2 aromatic heterocycles. The second kappa shape index (κ2) is 7.40. The van der Waals surface area contributed by atoms with Crippen LogP contribution in [-0.4, -0.2) is 34.6 Å². The van der Waals surface area contributed by atoms with E-state index < -0.39 is 0 Å². The molecule has 3 aromatic rings. The number of hydrogen-bond acceptors (Lipinski definition) is 3. The van der Waals surface area contributed by atoms with Crippen molar-refractivity contribution in [2.45, 2.75) is 32.4 Å². The first-order chi connectivity index (χ1) is 13.1. The van der Waals surface area contributed by atoms with Gasteiger partial charge in [0.25, 0.3) is 11.5 Å². The fourth-order valence-corrected chi connectivity index (χ4v) is 3.73. The highest BCUT2D eigenvalue weighted by atomic mass is 16.2. The Balaban J connectivity index is 1.54. The van der Waals surface area contributed by atoms with Gasteiger partial charge in [0.15, 0.2) is 0 Å². The Morgan fingerprint density at radius 1 is 1.30 bits per heavy atom. The Bertz CT molecular complexity index is 1030. The van der Waals surface area contributed by atoms with Crippen molar-refractivity contribution in [1.29, 1.82) is 0 Å². The van der Waals surface area contributed by atoms with Gasteiger partial charge < -0.3 is 20.2 Å².